The van der Waals surface area contributed by atoms with Crippen LogP contribution in [0.3, 0.4) is 0 Å². The molecule has 0 aliphatic heterocycles. The number of hydrogen-bond acceptors (Lipinski definition) is 5. The number of sulfonamides is 1. The normalized spacial score (nSPS) is 12.1. The molecule has 0 fully saturated rings. The van der Waals surface area contributed by atoms with Gasteiger partial charge in [0.25, 0.3) is 10.0 Å². The Hall–Kier alpha value is -3.56. The van der Waals surface area contributed by atoms with Gasteiger partial charge in [0.1, 0.15) is 18.3 Å². The van der Waals surface area contributed by atoms with Crippen molar-refractivity contribution in [2.45, 2.75) is 38.3 Å². The van der Waals surface area contributed by atoms with Crippen LogP contribution in [0.2, 0.25) is 5.02 Å². The highest BCUT2D eigenvalue weighted by Crippen LogP contribution is 2.35. The number of hydrogen-bond donors (Lipinski definition) is 1. The summed E-state index contributed by atoms with van der Waals surface area (Å²) in [7, 11) is -2.82. The molecule has 39 heavy (non-hydrogen) atoms. The van der Waals surface area contributed by atoms with Gasteiger partial charge in [-0.3, -0.25) is 13.9 Å². The standard InChI is InChI=1S/C29H34ClN3O5S/c1-21(2)18-31-29(35)22(3)32(19-23-11-7-5-8-12-23)28(34)20-33(26-17-24(30)15-16-27(26)38-4)39(36,37)25-13-9-6-10-14-25/h5-17,21-22H,18-20H2,1-4H3,(H,31,35). The molecule has 2 amide bonds. The Labute approximate surface area is 235 Å². The maximum absolute atomic E-state index is 13.9. The lowest BCUT2D eigenvalue weighted by molar-refractivity contribution is -0.139. The molecule has 0 saturated carbocycles. The second-order valence-electron chi connectivity index (χ2n) is 9.46. The molecule has 0 aliphatic rings. The zero-order chi connectivity index (χ0) is 28.6. The van der Waals surface area contributed by atoms with E-state index >= 15 is 0 Å². The molecule has 3 rings (SSSR count). The Morgan fingerprint density at radius 1 is 0.949 bits per heavy atom. The van der Waals surface area contributed by atoms with Crippen LogP contribution in [-0.2, 0) is 26.2 Å². The molecule has 1 N–H and O–H groups in total. The molecule has 10 heteroatoms. The number of anilines is 1. The van der Waals surface area contributed by atoms with E-state index in [1.165, 1.54) is 30.2 Å². The fraction of sp³-hybridized carbons (Fsp3) is 0.310. The molecule has 0 saturated heterocycles. The number of carbonyl (C=O) groups is 2. The van der Waals surface area contributed by atoms with E-state index in [2.05, 4.69) is 5.32 Å². The molecule has 208 valence electrons. The van der Waals surface area contributed by atoms with Crippen molar-refractivity contribution >= 4 is 39.1 Å². The van der Waals surface area contributed by atoms with E-state index in [1.54, 1.807) is 37.3 Å². The molecule has 0 heterocycles. The number of nitrogens with one attached hydrogen (secondary N) is 1. The summed E-state index contributed by atoms with van der Waals surface area (Å²) >= 11 is 6.25. The zero-order valence-corrected chi connectivity index (χ0v) is 24.1. The Kier molecular flexibility index (Phi) is 10.4. The van der Waals surface area contributed by atoms with E-state index in [0.717, 1.165) is 9.87 Å². The number of halogens is 1. The van der Waals surface area contributed by atoms with Gasteiger partial charge in [-0.15, -0.1) is 0 Å². The van der Waals surface area contributed by atoms with E-state index in [1.807, 2.05) is 44.2 Å². The lowest BCUT2D eigenvalue weighted by atomic mass is 10.1. The summed E-state index contributed by atoms with van der Waals surface area (Å²) in [4.78, 5) is 28.4. The largest absolute Gasteiger partial charge is 0.495 e. The maximum atomic E-state index is 13.9. The van der Waals surface area contributed by atoms with Crippen LogP contribution in [0.25, 0.3) is 0 Å². The first-order valence-corrected chi connectivity index (χ1v) is 14.4. The molecule has 0 bridgehead atoms. The van der Waals surface area contributed by atoms with Crippen molar-refractivity contribution in [1.29, 1.82) is 0 Å². The number of ether oxygens (including phenoxy) is 1. The second kappa shape index (κ2) is 13.5. The first kappa shape index (κ1) is 30.0. The van der Waals surface area contributed by atoms with Gasteiger partial charge in [-0.05, 0) is 48.7 Å². The molecular weight excluding hydrogens is 538 g/mol. The van der Waals surface area contributed by atoms with E-state index < -0.39 is 28.5 Å². The van der Waals surface area contributed by atoms with Gasteiger partial charge in [-0.2, -0.15) is 0 Å². The minimum absolute atomic E-state index is 0.00263. The third-order valence-corrected chi connectivity index (χ3v) is 8.08. The minimum Gasteiger partial charge on any atom is -0.495 e. The zero-order valence-electron chi connectivity index (χ0n) is 22.5. The molecule has 3 aromatic rings. The molecule has 0 aliphatic carbocycles. The number of rotatable bonds is 12. The van der Waals surface area contributed by atoms with Crippen LogP contribution in [0.15, 0.2) is 83.8 Å². The Morgan fingerprint density at radius 2 is 1.56 bits per heavy atom. The summed E-state index contributed by atoms with van der Waals surface area (Å²) in [6, 6.07) is 20.7. The Bertz CT molecular complexity index is 1370. The summed E-state index contributed by atoms with van der Waals surface area (Å²) in [5, 5.41) is 3.14. The highest BCUT2D eigenvalue weighted by Gasteiger charge is 2.34. The number of carbonyl (C=O) groups excluding carboxylic acids is 2. The molecule has 8 nitrogen and oxygen atoms in total. The highest BCUT2D eigenvalue weighted by molar-refractivity contribution is 7.92. The van der Waals surface area contributed by atoms with Crippen LogP contribution in [-0.4, -0.2) is 51.4 Å². The molecule has 1 unspecified atom stereocenters. The van der Waals surface area contributed by atoms with Crippen molar-refractivity contribution in [3.05, 3.63) is 89.4 Å². The summed E-state index contributed by atoms with van der Waals surface area (Å²) in [5.74, 6) is -0.441. The second-order valence-corrected chi connectivity index (χ2v) is 11.8. The highest BCUT2D eigenvalue weighted by atomic mass is 35.5. The summed E-state index contributed by atoms with van der Waals surface area (Å²) < 4.78 is 34.2. The number of amides is 2. The van der Waals surface area contributed by atoms with E-state index in [4.69, 9.17) is 16.3 Å². The SMILES string of the molecule is COc1ccc(Cl)cc1N(CC(=O)N(Cc1ccccc1)C(C)C(=O)NCC(C)C)S(=O)(=O)c1ccccc1. The van der Waals surface area contributed by atoms with Gasteiger partial charge in [0.05, 0.1) is 17.7 Å². The lowest BCUT2D eigenvalue weighted by Crippen LogP contribution is -2.51. The first-order valence-electron chi connectivity index (χ1n) is 12.6. The first-order chi connectivity index (χ1) is 18.5. The Morgan fingerprint density at radius 3 is 2.15 bits per heavy atom. The third kappa shape index (κ3) is 7.74. The number of nitrogens with zero attached hydrogens (tertiary/aromatic N) is 2. The van der Waals surface area contributed by atoms with Crippen LogP contribution in [0.1, 0.15) is 26.3 Å². The average molecular weight is 572 g/mol. The molecule has 0 radical (unpaired) electrons. The molecule has 0 spiro atoms. The summed E-state index contributed by atoms with van der Waals surface area (Å²) in [6.07, 6.45) is 0. The number of benzene rings is 3. The van der Waals surface area contributed by atoms with Crippen LogP contribution in [0.4, 0.5) is 5.69 Å². The van der Waals surface area contributed by atoms with Crippen LogP contribution >= 0.6 is 11.6 Å². The van der Waals surface area contributed by atoms with Gasteiger partial charge in [-0.1, -0.05) is 74.0 Å². The van der Waals surface area contributed by atoms with E-state index in [-0.39, 0.29) is 39.7 Å². The van der Waals surface area contributed by atoms with Gasteiger partial charge in [0.15, 0.2) is 0 Å². The fourth-order valence-electron chi connectivity index (χ4n) is 3.91. The van der Waals surface area contributed by atoms with Crippen LogP contribution < -0.4 is 14.4 Å². The van der Waals surface area contributed by atoms with Crippen molar-refractivity contribution in [1.82, 2.24) is 10.2 Å². The molecule has 1 atom stereocenters. The van der Waals surface area contributed by atoms with Gasteiger partial charge in [0, 0.05) is 18.1 Å². The van der Waals surface area contributed by atoms with E-state index in [9.17, 15) is 18.0 Å². The van der Waals surface area contributed by atoms with Gasteiger partial charge in [-0.25, -0.2) is 8.42 Å². The van der Waals surface area contributed by atoms with Crippen molar-refractivity contribution in [3.8, 4) is 5.75 Å². The van der Waals surface area contributed by atoms with Crippen LogP contribution in [0, 0.1) is 5.92 Å². The van der Waals surface area contributed by atoms with Crippen molar-refractivity contribution in [2.24, 2.45) is 5.92 Å². The monoisotopic (exact) mass is 571 g/mol. The van der Waals surface area contributed by atoms with Crippen molar-refractivity contribution in [2.75, 3.05) is 24.5 Å². The fourth-order valence-corrected chi connectivity index (χ4v) is 5.51. The summed E-state index contributed by atoms with van der Waals surface area (Å²) in [6.45, 7) is 5.56. The van der Waals surface area contributed by atoms with Crippen LogP contribution in [0.5, 0.6) is 5.75 Å². The number of methoxy groups -OCH3 is 1. The summed E-state index contributed by atoms with van der Waals surface area (Å²) in [5.41, 5.74) is 0.908. The molecule has 0 aromatic heterocycles. The smallest absolute Gasteiger partial charge is 0.264 e. The predicted octanol–water partition coefficient (Wildman–Crippen LogP) is 4.73. The van der Waals surface area contributed by atoms with E-state index in [0.29, 0.717) is 6.54 Å². The minimum atomic E-state index is -4.23. The topological polar surface area (TPSA) is 96.0 Å². The van der Waals surface area contributed by atoms with Gasteiger partial charge in [0.2, 0.25) is 11.8 Å². The third-order valence-electron chi connectivity index (χ3n) is 6.07. The molecular formula is C29H34ClN3O5S. The molecule has 3 aromatic carbocycles. The maximum Gasteiger partial charge on any atom is 0.264 e. The lowest BCUT2D eigenvalue weighted by Gasteiger charge is -2.32. The Balaban J connectivity index is 2.05. The van der Waals surface area contributed by atoms with Gasteiger partial charge < -0.3 is 15.0 Å². The van der Waals surface area contributed by atoms with Gasteiger partial charge >= 0.3 is 0 Å². The predicted molar refractivity (Wildman–Crippen MR) is 153 cm³/mol. The van der Waals surface area contributed by atoms with Crippen molar-refractivity contribution < 1.29 is 22.7 Å². The quantitative estimate of drug-likeness (QED) is 0.339. The average Bonchev–Trinajstić information content (AvgIpc) is 2.93. The van der Waals surface area contributed by atoms with Crippen molar-refractivity contribution in [3.63, 3.8) is 0 Å².